The second-order valence-corrected chi connectivity index (χ2v) is 3.77. The van der Waals surface area contributed by atoms with Gasteiger partial charge in [-0.1, -0.05) is 15.9 Å². The number of pyridine rings is 1. The molecule has 1 rings (SSSR count). The number of aromatic nitrogens is 1. The Morgan fingerprint density at radius 2 is 2.21 bits per heavy atom. The summed E-state index contributed by atoms with van der Waals surface area (Å²) in [5, 5.41) is 0.528. The third-order valence-corrected chi connectivity index (χ3v) is 2.90. The van der Waals surface area contributed by atoms with E-state index >= 15 is 0 Å². The number of rotatable bonds is 3. The maximum absolute atomic E-state index is 12.5. The van der Waals surface area contributed by atoms with Gasteiger partial charge in [-0.25, -0.2) is 13.8 Å². The number of alkyl halides is 3. The van der Waals surface area contributed by atoms with Gasteiger partial charge in [-0.3, -0.25) is 0 Å². The van der Waals surface area contributed by atoms with E-state index < -0.39 is 6.43 Å². The van der Waals surface area contributed by atoms with E-state index in [0.29, 0.717) is 9.93 Å². The molecule has 0 bridgehead atoms. The zero-order valence-corrected chi connectivity index (χ0v) is 10.4. The average molecular weight is 331 g/mol. The third kappa shape index (κ3) is 2.42. The number of hydrogen-bond acceptors (Lipinski definition) is 2. The van der Waals surface area contributed by atoms with Gasteiger partial charge in [-0.05, 0) is 27.6 Å². The highest BCUT2D eigenvalue weighted by Gasteiger charge is 2.18. The second-order valence-electron chi connectivity index (χ2n) is 2.46. The van der Waals surface area contributed by atoms with Gasteiger partial charge in [0.15, 0.2) is 0 Å². The van der Waals surface area contributed by atoms with E-state index in [2.05, 4.69) is 36.8 Å². The minimum atomic E-state index is -2.63. The Balaban J connectivity index is 3.24. The lowest BCUT2D eigenvalue weighted by molar-refractivity contribution is 0.141. The normalized spacial score (nSPS) is 10.7. The lowest BCUT2D eigenvalue weighted by atomic mass is 10.2. The Labute approximate surface area is 96.9 Å². The molecule has 1 heterocycles. The smallest absolute Gasteiger partial charge is 0.284 e. The Morgan fingerprint density at radius 1 is 1.57 bits per heavy atom. The number of methoxy groups -OCH3 is 1. The molecule has 0 saturated heterocycles. The van der Waals surface area contributed by atoms with E-state index in [1.54, 1.807) is 0 Å². The highest BCUT2D eigenvalue weighted by molar-refractivity contribution is 9.10. The molecule has 0 aromatic carbocycles. The Hall–Kier alpha value is -0.230. The summed E-state index contributed by atoms with van der Waals surface area (Å²) in [6.45, 7) is 0. The summed E-state index contributed by atoms with van der Waals surface area (Å²) in [6.07, 6.45) is -2.63. The minimum Gasteiger partial charge on any atom is -0.495 e. The summed E-state index contributed by atoms with van der Waals surface area (Å²) in [7, 11) is 1.34. The van der Waals surface area contributed by atoms with Crippen molar-refractivity contribution in [1.29, 1.82) is 0 Å². The predicted octanol–water partition coefficient (Wildman–Crippen LogP) is 3.69. The average Bonchev–Trinajstić information content (AvgIpc) is 2.17. The molecule has 6 heteroatoms. The molecule has 0 spiro atoms. The van der Waals surface area contributed by atoms with E-state index in [1.807, 2.05) is 0 Å². The zero-order valence-electron chi connectivity index (χ0n) is 7.23. The van der Waals surface area contributed by atoms with Crippen LogP contribution < -0.4 is 4.74 Å². The Morgan fingerprint density at radius 3 is 2.64 bits per heavy atom. The molecule has 0 atom stereocenters. The van der Waals surface area contributed by atoms with Gasteiger partial charge in [-0.2, -0.15) is 0 Å². The van der Waals surface area contributed by atoms with Crippen LogP contribution in [-0.2, 0) is 5.33 Å². The maximum Gasteiger partial charge on any atom is 0.284 e. The molecule has 2 nitrogen and oxygen atoms in total. The van der Waals surface area contributed by atoms with Crippen molar-refractivity contribution >= 4 is 31.9 Å². The van der Waals surface area contributed by atoms with Gasteiger partial charge in [-0.15, -0.1) is 0 Å². The molecule has 0 N–H and O–H groups in total. The molecule has 78 valence electrons. The first-order valence-corrected chi connectivity index (χ1v) is 5.59. The first kappa shape index (κ1) is 11.8. The van der Waals surface area contributed by atoms with Gasteiger partial charge in [0.25, 0.3) is 6.43 Å². The molecular formula is C8H7Br2F2NO. The summed E-state index contributed by atoms with van der Waals surface area (Å²) in [5.74, 6) is 0.109. The fraction of sp³-hybridized carbons (Fsp3) is 0.375. The van der Waals surface area contributed by atoms with Crippen LogP contribution in [0.1, 0.15) is 17.7 Å². The van der Waals surface area contributed by atoms with E-state index in [9.17, 15) is 8.78 Å². The van der Waals surface area contributed by atoms with Crippen molar-refractivity contribution in [2.24, 2.45) is 0 Å². The van der Waals surface area contributed by atoms with Crippen molar-refractivity contribution in [3.8, 4) is 5.75 Å². The molecule has 1 aromatic heterocycles. The number of hydrogen-bond donors (Lipinski definition) is 0. The molecule has 0 unspecified atom stereocenters. The molecule has 0 fully saturated rings. The number of nitrogens with zero attached hydrogens (tertiary/aromatic N) is 1. The van der Waals surface area contributed by atoms with Crippen LogP contribution in [0.4, 0.5) is 8.78 Å². The molecular weight excluding hydrogens is 324 g/mol. The van der Waals surface area contributed by atoms with Gasteiger partial charge < -0.3 is 4.74 Å². The summed E-state index contributed by atoms with van der Waals surface area (Å²) in [6, 6.07) is 1.54. The molecule has 1 aromatic rings. The van der Waals surface area contributed by atoms with Crippen molar-refractivity contribution in [1.82, 2.24) is 4.98 Å². The lowest BCUT2D eigenvalue weighted by Crippen LogP contribution is -1.99. The van der Waals surface area contributed by atoms with E-state index in [-0.39, 0.29) is 11.4 Å². The number of ether oxygens (including phenoxy) is 1. The van der Waals surface area contributed by atoms with E-state index in [1.165, 1.54) is 13.2 Å². The van der Waals surface area contributed by atoms with Gasteiger partial charge in [0, 0.05) is 5.33 Å². The van der Waals surface area contributed by atoms with Gasteiger partial charge in [0.1, 0.15) is 16.0 Å². The Bertz CT molecular complexity index is 333. The summed E-state index contributed by atoms with van der Waals surface area (Å²) in [5.41, 5.74) is 0.426. The lowest BCUT2D eigenvalue weighted by Gasteiger charge is -2.09. The molecule has 0 saturated carbocycles. The van der Waals surface area contributed by atoms with E-state index in [4.69, 9.17) is 4.74 Å². The minimum absolute atomic E-state index is 0.109. The molecule has 0 amide bonds. The molecule has 0 aliphatic heterocycles. The Kier molecular flexibility index (Phi) is 4.25. The van der Waals surface area contributed by atoms with Crippen molar-refractivity contribution < 1.29 is 13.5 Å². The van der Waals surface area contributed by atoms with Gasteiger partial charge in [0.2, 0.25) is 0 Å². The van der Waals surface area contributed by atoms with Gasteiger partial charge in [0.05, 0.1) is 7.11 Å². The van der Waals surface area contributed by atoms with Crippen molar-refractivity contribution in [2.45, 2.75) is 11.8 Å². The summed E-state index contributed by atoms with van der Waals surface area (Å²) in [4.78, 5) is 3.73. The molecule has 0 aliphatic carbocycles. The van der Waals surface area contributed by atoms with Gasteiger partial charge >= 0.3 is 0 Å². The van der Waals surface area contributed by atoms with Crippen molar-refractivity contribution in [3.05, 3.63) is 21.9 Å². The molecule has 0 radical (unpaired) electrons. The predicted molar refractivity (Wildman–Crippen MR) is 56.1 cm³/mol. The van der Waals surface area contributed by atoms with Crippen LogP contribution in [0.15, 0.2) is 10.7 Å². The summed E-state index contributed by atoms with van der Waals surface area (Å²) < 4.78 is 30.1. The van der Waals surface area contributed by atoms with Crippen LogP contribution in [0.3, 0.4) is 0 Å². The van der Waals surface area contributed by atoms with Crippen LogP contribution in [0.25, 0.3) is 0 Å². The van der Waals surface area contributed by atoms with Crippen LogP contribution in [0.2, 0.25) is 0 Å². The van der Waals surface area contributed by atoms with Crippen LogP contribution in [0.5, 0.6) is 5.75 Å². The standard InChI is InChI=1S/C8H7Br2F2NO/c1-14-5-2-4(3-9)7(10)13-6(5)8(11)12/h2,8H,3H2,1H3. The van der Waals surface area contributed by atoms with Crippen molar-refractivity contribution in [3.63, 3.8) is 0 Å². The third-order valence-electron chi connectivity index (χ3n) is 1.61. The summed E-state index contributed by atoms with van der Waals surface area (Å²) >= 11 is 6.33. The SMILES string of the molecule is COc1cc(CBr)c(Br)nc1C(F)F. The van der Waals surface area contributed by atoms with E-state index in [0.717, 1.165) is 5.56 Å². The topological polar surface area (TPSA) is 22.1 Å². The highest BCUT2D eigenvalue weighted by atomic mass is 79.9. The van der Waals surface area contributed by atoms with Crippen molar-refractivity contribution in [2.75, 3.05) is 7.11 Å². The molecule has 14 heavy (non-hydrogen) atoms. The second kappa shape index (κ2) is 5.02. The fourth-order valence-corrected chi connectivity index (χ4v) is 2.19. The monoisotopic (exact) mass is 329 g/mol. The molecule has 0 aliphatic rings. The highest BCUT2D eigenvalue weighted by Crippen LogP contribution is 2.31. The fourth-order valence-electron chi connectivity index (χ4n) is 0.938. The maximum atomic E-state index is 12.5. The van der Waals surface area contributed by atoms with Crippen LogP contribution >= 0.6 is 31.9 Å². The zero-order chi connectivity index (χ0) is 10.7. The van der Waals surface area contributed by atoms with Crippen LogP contribution in [0, 0.1) is 0 Å². The quantitative estimate of drug-likeness (QED) is 0.623. The first-order valence-electron chi connectivity index (χ1n) is 3.67. The number of halogens is 4. The largest absolute Gasteiger partial charge is 0.495 e. The van der Waals surface area contributed by atoms with Crippen LogP contribution in [-0.4, -0.2) is 12.1 Å². The first-order chi connectivity index (χ1) is 6.60.